The highest BCUT2D eigenvalue weighted by Crippen LogP contribution is 2.30. The lowest BCUT2D eigenvalue weighted by molar-refractivity contribution is 0.0962. The minimum absolute atomic E-state index is 0.0000236. The summed E-state index contributed by atoms with van der Waals surface area (Å²) in [5.41, 5.74) is 1.92. The van der Waals surface area contributed by atoms with Gasteiger partial charge in [-0.2, -0.15) is 0 Å². The molecule has 17 heavy (non-hydrogen) atoms. The minimum Gasteiger partial charge on any atom is -0.453 e. The summed E-state index contributed by atoms with van der Waals surface area (Å²) in [5.74, 6) is 1.02. The van der Waals surface area contributed by atoms with Crippen LogP contribution in [-0.2, 0) is 0 Å². The van der Waals surface area contributed by atoms with Crippen molar-refractivity contribution in [3.63, 3.8) is 0 Å². The lowest BCUT2D eigenvalue weighted by Gasteiger charge is -2.02. The number of carbonyl (C=O) groups excluding carboxylic acids is 1. The monoisotopic (exact) mass is 248 g/mol. The molecule has 1 aromatic carbocycles. The van der Waals surface area contributed by atoms with Crippen molar-refractivity contribution in [1.29, 1.82) is 0 Å². The van der Waals surface area contributed by atoms with E-state index in [0.29, 0.717) is 23.0 Å². The molecule has 3 heteroatoms. The van der Waals surface area contributed by atoms with E-state index in [1.54, 1.807) is 12.1 Å². The first-order valence-electron chi connectivity index (χ1n) is 5.51. The van der Waals surface area contributed by atoms with Crippen LogP contribution in [0.5, 0.6) is 0 Å². The Labute approximate surface area is 105 Å². The largest absolute Gasteiger partial charge is 0.453 e. The van der Waals surface area contributed by atoms with Crippen molar-refractivity contribution in [1.82, 2.24) is 0 Å². The molecular weight excluding hydrogens is 236 g/mol. The summed E-state index contributed by atoms with van der Waals surface area (Å²) in [4.78, 5) is 11.5. The number of halogens is 1. The van der Waals surface area contributed by atoms with Gasteiger partial charge in [-0.15, -0.1) is 0 Å². The molecule has 0 bridgehead atoms. The van der Waals surface area contributed by atoms with E-state index >= 15 is 0 Å². The predicted molar refractivity (Wildman–Crippen MR) is 68.5 cm³/mol. The van der Waals surface area contributed by atoms with Crippen molar-refractivity contribution >= 4 is 17.4 Å². The Morgan fingerprint density at radius 2 is 2.06 bits per heavy atom. The van der Waals surface area contributed by atoms with E-state index in [4.69, 9.17) is 16.0 Å². The van der Waals surface area contributed by atoms with Gasteiger partial charge in [0.15, 0.2) is 11.5 Å². The Hall–Kier alpha value is -1.54. The molecule has 0 saturated heterocycles. The highest BCUT2D eigenvalue weighted by atomic mass is 35.5. The van der Waals surface area contributed by atoms with Gasteiger partial charge in [-0.3, -0.25) is 4.79 Å². The highest BCUT2D eigenvalue weighted by molar-refractivity contribution is 6.33. The molecule has 88 valence electrons. The molecule has 0 fully saturated rings. The fourth-order valence-electron chi connectivity index (χ4n) is 1.63. The second-order valence-corrected chi connectivity index (χ2v) is 4.33. The molecule has 1 aromatic heterocycles. The Kier molecular flexibility index (Phi) is 3.34. The van der Waals surface area contributed by atoms with Gasteiger partial charge in [0.2, 0.25) is 0 Å². The zero-order valence-corrected chi connectivity index (χ0v) is 10.5. The first-order valence-corrected chi connectivity index (χ1v) is 5.89. The third kappa shape index (κ3) is 2.42. The summed E-state index contributed by atoms with van der Waals surface area (Å²) in [5, 5.41) is 0.625. The summed E-state index contributed by atoms with van der Waals surface area (Å²) in [6, 6.07) is 9.19. The minimum atomic E-state index is 0.0000236. The van der Waals surface area contributed by atoms with Crippen LogP contribution in [0.3, 0.4) is 0 Å². The molecule has 0 radical (unpaired) electrons. The van der Waals surface area contributed by atoms with Crippen LogP contribution in [0.4, 0.5) is 0 Å². The maximum Gasteiger partial charge on any atom is 0.197 e. The van der Waals surface area contributed by atoms with E-state index in [-0.39, 0.29) is 5.78 Å². The molecule has 0 atom stereocenters. The number of furan rings is 1. The number of ketones is 1. The zero-order chi connectivity index (χ0) is 12.4. The van der Waals surface area contributed by atoms with Crippen molar-refractivity contribution in [2.45, 2.75) is 20.3 Å². The van der Waals surface area contributed by atoms with E-state index in [9.17, 15) is 4.79 Å². The van der Waals surface area contributed by atoms with Gasteiger partial charge in [0.05, 0.1) is 5.02 Å². The lowest BCUT2D eigenvalue weighted by atomic mass is 10.1. The van der Waals surface area contributed by atoms with Gasteiger partial charge in [-0.1, -0.05) is 30.2 Å². The molecule has 0 unspecified atom stereocenters. The fourth-order valence-corrected chi connectivity index (χ4v) is 1.85. The van der Waals surface area contributed by atoms with Crippen LogP contribution in [0.1, 0.15) is 29.5 Å². The molecule has 0 N–H and O–H groups in total. The maximum atomic E-state index is 11.5. The number of hydrogen-bond acceptors (Lipinski definition) is 2. The van der Waals surface area contributed by atoms with Gasteiger partial charge in [0.25, 0.3) is 0 Å². The average molecular weight is 249 g/mol. The number of hydrogen-bond donors (Lipinski definition) is 0. The molecule has 2 aromatic rings. The zero-order valence-electron chi connectivity index (χ0n) is 9.79. The molecule has 0 amide bonds. The normalized spacial score (nSPS) is 10.5. The third-order valence-electron chi connectivity index (χ3n) is 2.59. The molecular formula is C14H13ClO2. The number of rotatable bonds is 3. The van der Waals surface area contributed by atoms with E-state index in [2.05, 4.69) is 0 Å². The van der Waals surface area contributed by atoms with Crippen LogP contribution < -0.4 is 0 Å². The van der Waals surface area contributed by atoms with Crippen LogP contribution in [0.15, 0.2) is 34.7 Å². The lowest BCUT2D eigenvalue weighted by Crippen LogP contribution is -1.92. The Bertz CT molecular complexity index is 555. The first-order chi connectivity index (χ1) is 8.11. The van der Waals surface area contributed by atoms with Crippen LogP contribution in [0.2, 0.25) is 5.02 Å². The quantitative estimate of drug-likeness (QED) is 0.749. The fraction of sp³-hybridized carbons (Fsp3) is 0.214. The van der Waals surface area contributed by atoms with E-state index in [0.717, 1.165) is 11.1 Å². The second kappa shape index (κ2) is 4.76. The smallest absolute Gasteiger partial charge is 0.197 e. The van der Waals surface area contributed by atoms with E-state index in [1.807, 2.05) is 32.0 Å². The molecule has 2 nitrogen and oxygen atoms in total. The Morgan fingerprint density at radius 3 is 2.76 bits per heavy atom. The van der Waals surface area contributed by atoms with Gasteiger partial charge < -0.3 is 4.42 Å². The summed E-state index contributed by atoms with van der Waals surface area (Å²) in [7, 11) is 0. The summed E-state index contributed by atoms with van der Waals surface area (Å²) < 4.78 is 5.52. The van der Waals surface area contributed by atoms with Crippen molar-refractivity contribution in [3.8, 4) is 11.3 Å². The van der Waals surface area contributed by atoms with Gasteiger partial charge >= 0.3 is 0 Å². The highest BCUT2D eigenvalue weighted by Gasteiger charge is 2.12. The van der Waals surface area contributed by atoms with Crippen LogP contribution in [0, 0.1) is 6.92 Å². The topological polar surface area (TPSA) is 30.2 Å². The molecule has 0 aliphatic carbocycles. The molecule has 2 rings (SSSR count). The first kappa shape index (κ1) is 11.9. The van der Waals surface area contributed by atoms with E-state index < -0.39 is 0 Å². The Balaban J connectivity index is 2.43. The van der Waals surface area contributed by atoms with Crippen LogP contribution in [0.25, 0.3) is 11.3 Å². The SMILES string of the molecule is CCC(=O)c1ccc(-c2cc(C)ccc2Cl)o1. The number of aryl methyl sites for hydroxylation is 1. The van der Waals surface area contributed by atoms with Gasteiger partial charge in [-0.25, -0.2) is 0 Å². The molecule has 0 aliphatic rings. The van der Waals surface area contributed by atoms with Crippen LogP contribution in [-0.4, -0.2) is 5.78 Å². The molecule has 1 heterocycles. The second-order valence-electron chi connectivity index (χ2n) is 3.92. The van der Waals surface area contributed by atoms with Crippen molar-refractivity contribution < 1.29 is 9.21 Å². The average Bonchev–Trinajstić information content (AvgIpc) is 2.80. The number of benzene rings is 1. The van der Waals surface area contributed by atoms with Gasteiger partial charge in [-0.05, 0) is 31.2 Å². The number of Topliss-reactive ketones (excluding diaryl/α,β-unsaturated/α-hetero) is 1. The van der Waals surface area contributed by atoms with Crippen molar-refractivity contribution in [3.05, 3.63) is 46.7 Å². The summed E-state index contributed by atoms with van der Waals surface area (Å²) >= 11 is 6.11. The van der Waals surface area contributed by atoms with Gasteiger partial charge in [0, 0.05) is 12.0 Å². The summed E-state index contributed by atoms with van der Waals surface area (Å²) in [6.07, 6.45) is 0.439. The maximum absolute atomic E-state index is 11.5. The standard InChI is InChI=1S/C14H13ClO2/c1-3-12(16)14-7-6-13(17-14)10-8-9(2)4-5-11(10)15/h4-8H,3H2,1-2H3. The van der Waals surface area contributed by atoms with E-state index in [1.165, 1.54) is 0 Å². The molecule has 0 aliphatic heterocycles. The predicted octanol–water partition coefficient (Wildman–Crippen LogP) is 4.50. The van der Waals surface area contributed by atoms with Crippen molar-refractivity contribution in [2.24, 2.45) is 0 Å². The van der Waals surface area contributed by atoms with Crippen molar-refractivity contribution in [2.75, 3.05) is 0 Å². The number of carbonyl (C=O) groups is 1. The summed E-state index contributed by atoms with van der Waals surface area (Å²) in [6.45, 7) is 3.80. The van der Waals surface area contributed by atoms with Crippen LogP contribution >= 0.6 is 11.6 Å². The molecule has 0 saturated carbocycles. The Morgan fingerprint density at radius 1 is 1.29 bits per heavy atom. The molecule has 0 spiro atoms. The van der Waals surface area contributed by atoms with Gasteiger partial charge in [0.1, 0.15) is 5.76 Å². The third-order valence-corrected chi connectivity index (χ3v) is 2.92.